The van der Waals surface area contributed by atoms with Crippen molar-refractivity contribution < 1.29 is 9.59 Å². The van der Waals surface area contributed by atoms with E-state index in [2.05, 4.69) is 6.92 Å². The predicted molar refractivity (Wildman–Crippen MR) is 64.2 cm³/mol. The van der Waals surface area contributed by atoms with E-state index in [-0.39, 0.29) is 17.7 Å². The van der Waals surface area contributed by atoms with Crippen LogP contribution in [0, 0.1) is 11.3 Å². The number of amides is 2. The summed E-state index contributed by atoms with van der Waals surface area (Å²) in [7, 11) is 0. The van der Waals surface area contributed by atoms with Crippen molar-refractivity contribution in [2.75, 3.05) is 12.4 Å². The van der Waals surface area contributed by atoms with Crippen molar-refractivity contribution in [3.8, 4) is 0 Å². The maximum Gasteiger partial charge on any atom is 0.236 e. The molecule has 1 aliphatic heterocycles. The standard InChI is InChI=1S/C12H20ClNO2/c1-4-5-9-6-10(15)14(7-9)11(16)12(2,3)8-13/h9H,4-8H2,1-3H3. The average molecular weight is 246 g/mol. The van der Waals surface area contributed by atoms with E-state index < -0.39 is 5.41 Å². The summed E-state index contributed by atoms with van der Waals surface area (Å²) >= 11 is 5.75. The molecule has 0 aliphatic carbocycles. The minimum absolute atomic E-state index is 0.0401. The van der Waals surface area contributed by atoms with Crippen LogP contribution in [0.1, 0.15) is 40.0 Å². The molecule has 16 heavy (non-hydrogen) atoms. The molecule has 0 aromatic rings. The van der Waals surface area contributed by atoms with Crippen LogP contribution >= 0.6 is 11.6 Å². The fourth-order valence-electron chi connectivity index (χ4n) is 2.00. The lowest BCUT2D eigenvalue weighted by Crippen LogP contribution is -2.42. The van der Waals surface area contributed by atoms with Crippen LogP contribution in [0.3, 0.4) is 0 Å². The van der Waals surface area contributed by atoms with Crippen LogP contribution in [0.5, 0.6) is 0 Å². The molecule has 1 unspecified atom stereocenters. The monoisotopic (exact) mass is 245 g/mol. The third kappa shape index (κ3) is 2.76. The van der Waals surface area contributed by atoms with Crippen LogP contribution in [0.4, 0.5) is 0 Å². The van der Waals surface area contributed by atoms with Gasteiger partial charge >= 0.3 is 0 Å². The summed E-state index contributed by atoms with van der Waals surface area (Å²) in [4.78, 5) is 25.2. The second-order valence-corrected chi connectivity index (χ2v) is 5.45. The Balaban J connectivity index is 2.68. The lowest BCUT2D eigenvalue weighted by molar-refractivity contribution is -0.147. The Labute approximate surface area is 102 Å². The van der Waals surface area contributed by atoms with Gasteiger partial charge in [-0.2, -0.15) is 0 Å². The van der Waals surface area contributed by atoms with Gasteiger partial charge in [0.05, 0.1) is 5.41 Å². The number of rotatable bonds is 4. The predicted octanol–water partition coefficient (Wildman–Crippen LogP) is 2.43. The molecular weight excluding hydrogens is 226 g/mol. The molecule has 0 N–H and O–H groups in total. The Morgan fingerprint density at radius 1 is 1.56 bits per heavy atom. The summed E-state index contributed by atoms with van der Waals surface area (Å²) in [5.74, 6) is 0.411. The first-order valence-corrected chi connectivity index (χ1v) is 6.36. The van der Waals surface area contributed by atoms with Crippen molar-refractivity contribution >= 4 is 23.4 Å². The molecule has 4 heteroatoms. The number of carbonyl (C=O) groups is 2. The van der Waals surface area contributed by atoms with Crippen molar-refractivity contribution in [1.29, 1.82) is 0 Å². The zero-order valence-corrected chi connectivity index (χ0v) is 11.0. The molecule has 3 nitrogen and oxygen atoms in total. The van der Waals surface area contributed by atoms with Crippen LogP contribution in [-0.4, -0.2) is 29.1 Å². The zero-order valence-electron chi connectivity index (χ0n) is 10.3. The first kappa shape index (κ1) is 13.5. The Morgan fingerprint density at radius 2 is 2.19 bits per heavy atom. The quantitative estimate of drug-likeness (QED) is 0.714. The van der Waals surface area contributed by atoms with Gasteiger partial charge in [0, 0.05) is 18.8 Å². The molecule has 1 heterocycles. The maximum atomic E-state index is 12.1. The SMILES string of the molecule is CCCC1CC(=O)N(C(=O)C(C)(C)CCl)C1. The van der Waals surface area contributed by atoms with Crippen LogP contribution in [-0.2, 0) is 9.59 Å². The molecule has 0 aromatic heterocycles. The van der Waals surface area contributed by atoms with E-state index in [0.717, 1.165) is 12.8 Å². The van der Waals surface area contributed by atoms with Crippen molar-refractivity contribution in [2.45, 2.75) is 40.0 Å². The van der Waals surface area contributed by atoms with Crippen molar-refractivity contribution in [1.82, 2.24) is 4.90 Å². The van der Waals surface area contributed by atoms with E-state index in [0.29, 0.717) is 18.9 Å². The van der Waals surface area contributed by atoms with E-state index >= 15 is 0 Å². The van der Waals surface area contributed by atoms with Gasteiger partial charge in [-0.1, -0.05) is 13.3 Å². The minimum atomic E-state index is -0.641. The number of likely N-dealkylation sites (tertiary alicyclic amines) is 1. The van der Waals surface area contributed by atoms with E-state index in [9.17, 15) is 9.59 Å². The molecule has 1 rings (SSSR count). The zero-order chi connectivity index (χ0) is 12.3. The number of nitrogens with zero attached hydrogens (tertiary/aromatic N) is 1. The summed E-state index contributed by atoms with van der Waals surface area (Å²) in [6, 6.07) is 0. The van der Waals surface area contributed by atoms with Gasteiger partial charge in [0.1, 0.15) is 0 Å². The largest absolute Gasteiger partial charge is 0.282 e. The molecule has 1 atom stereocenters. The first-order chi connectivity index (χ1) is 7.42. The topological polar surface area (TPSA) is 37.4 Å². The van der Waals surface area contributed by atoms with Gasteiger partial charge < -0.3 is 0 Å². The maximum absolute atomic E-state index is 12.1. The van der Waals surface area contributed by atoms with Gasteiger partial charge in [0.25, 0.3) is 0 Å². The van der Waals surface area contributed by atoms with Crippen molar-refractivity contribution in [3.05, 3.63) is 0 Å². The normalized spacial score (nSPS) is 21.6. The van der Waals surface area contributed by atoms with E-state index in [1.165, 1.54) is 4.90 Å². The fourth-order valence-corrected chi connectivity index (χ4v) is 2.12. The Hall–Kier alpha value is -0.570. The number of imide groups is 1. The van der Waals surface area contributed by atoms with E-state index in [1.54, 1.807) is 13.8 Å². The van der Waals surface area contributed by atoms with E-state index in [1.807, 2.05) is 0 Å². The molecule has 0 saturated carbocycles. The molecule has 0 bridgehead atoms. The molecule has 92 valence electrons. The number of halogens is 1. The molecule has 1 aliphatic rings. The summed E-state index contributed by atoms with van der Waals surface area (Å²) in [6.45, 7) is 6.23. The highest BCUT2D eigenvalue weighted by atomic mass is 35.5. The number of hydrogen-bond donors (Lipinski definition) is 0. The summed E-state index contributed by atoms with van der Waals surface area (Å²) in [6.07, 6.45) is 2.58. The van der Waals surface area contributed by atoms with Gasteiger partial charge in [-0.3, -0.25) is 14.5 Å². The number of hydrogen-bond acceptors (Lipinski definition) is 2. The molecule has 0 radical (unpaired) electrons. The van der Waals surface area contributed by atoms with Crippen LogP contribution in [0.2, 0.25) is 0 Å². The summed E-state index contributed by atoms with van der Waals surface area (Å²) < 4.78 is 0. The third-order valence-corrected chi connectivity index (χ3v) is 3.73. The fraction of sp³-hybridized carbons (Fsp3) is 0.833. The van der Waals surface area contributed by atoms with Gasteiger partial charge in [0.15, 0.2) is 0 Å². The van der Waals surface area contributed by atoms with E-state index in [4.69, 9.17) is 11.6 Å². The smallest absolute Gasteiger partial charge is 0.236 e. The van der Waals surface area contributed by atoms with Gasteiger partial charge in [-0.05, 0) is 26.2 Å². The highest BCUT2D eigenvalue weighted by Crippen LogP contribution is 2.28. The summed E-state index contributed by atoms with van der Waals surface area (Å²) in [5, 5.41) is 0. The third-order valence-electron chi connectivity index (χ3n) is 3.06. The average Bonchev–Trinajstić information content (AvgIpc) is 2.59. The molecule has 1 fully saturated rings. The molecule has 1 saturated heterocycles. The Bertz CT molecular complexity index is 289. The lowest BCUT2D eigenvalue weighted by Gasteiger charge is -2.26. The Kier molecular flexibility index (Phi) is 4.36. The van der Waals surface area contributed by atoms with Crippen LogP contribution < -0.4 is 0 Å². The van der Waals surface area contributed by atoms with Gasteiger partial charge in [0.2, 0.25) is 11.8 Å². The van der Waals surface area contributed by atoms with Gasteiger partial charge in [-0.15, -0.1) is 11.6 Å². The second kappa shape index (κ2) is 5.17. The second-order valence-electron chi connectivity index (χ2n) is 5.19. The summed E-state index contributed by atoms with van der Waals surface area (Å²) in [5.41, 5.74) is -0.641. The molecule has 2 amide bonds. The molecular formula is C12H20ClNO2. The van der Waals surface area contributed by atoms with Crippen LogP contribution in [0.25, 0.3) is 0 Å². The van der Waals surface area contributed by atoms with Crippen molar-refractivity contribution in [2.24, 2.45) is 11.3 Å². The molecule has 0 aromatic carbocycles. The van der Waals surface area contributed by atoms with Crippen LogP contribution in [0.15, 0.2) is 0 Å². The number of alkyl halides is 1. The molecule has 0 spiro atoms. The highest BCUT2D eigenvalue weighted by molar-refractivity contribution is 6.20. The highest BCUT2D eigenvalue weighted by Gasteiger charge is 2.39. The lowest BCUT2D eigenvalue weighted by atomic mass is 9.94. The Morgan fingerprint density at radius 3 is 2.69 bits per heavy atom. The minimum Gasteiger partial charge on any atom is -0.282 e. The first-order valence-electron chi connectivity index (χ1n) is 5.83. The van der Waals surface area contributed by atoms with Crippen molar-refractivity contribution in [3.63, 3.8) is 0 Å². The van der Waals surface area contributed by atoms with Gasteiger partial charge in [-0.25, -0.2) is 0 Å². The number of carbonyl (C=O) groups excluding carboxylic acids is 2.